The van der Waals surface area contributed by atoms with Crippen molar-refractivity contribution < 1.29 is 4.39 Å². The molecule has 0 aliphatic heterocycles. The predicted octanol–water partition coefficient (Wildman–Crippen LogP) is 5.16. The zero-order valence-electron chi connectivity index (χ0n) is 9.93. The van der Waals surface area contributed by atoms with Gasteiger partial charge in [-0.25, -0.2) is 9.82 Å². The van der Waals surface area contributed by atoms with Gasteiger partial charge in [0, 0.05) is 18.1 Å². The second-order valence-electron chi connectivity index (χ2n) is 4.03. The summed E-state index contributed by atoms with van der Waals surface area (Å²) in [6, 6.07) is 8.64. The van der Waals surface area contributed by atoms with Crippen LogP contribution in [0.2, 0.25) is 5.02 Å². The van der Waals surface area contributed by atoms with Crippen LogP contribution >= 0.6 is 66.1 Å². The van der Waals surface area contributed by atoms with Crippen LogP contribution in [0.4, 0.5) is 4.39 Å². The smallest absolute Gasteiger partial charge is 0.148 e. The van der Waals surface area contributed by atoms with Crippen molar-refractivity contribution in [3.05, 3.63) is 64.8 Å². The van der Waals surface area contributed by atoms with Crippen molar-refractivity contribution in [1.82, 2.24) is 5.43 Å². The van der Waals surface area contributed by atoms with E-state index in [0.29, 0.717) is 10.0 Å². The van der Waals surface area contributed by atoms with Gasteiger partial charge in [-0.05, 0) is 68.3 Å². The molecule has 0 radical (unpaired) electrons. The van der Waals surface area contributed by atoms with Gasteiger partial charge in [-0.3, -0.25) is 5.84 Å². The van der Waals surface area contributed by atoms with Crippen molar-refractivity contribution in [2.45, 2.75) is 6.04 Å². The van der Waals surface area contributed by atoms with E-state index in [4.69, 9.17) is 17.4 Å². The van der Waals surface area contributed by atoms with Gasteiger partial charge < -0.3 is 0 Å². The highest BCUT2D eigenvalue weighted by molar-refractivity contribution is 14.1. The van der Waals surface area contributed by atoms with Crippen LogP contribution in [-0.2, 0) is 0 Å². The molecule has 0 saturated carbocycles. The van der Waals surface area contributed by atoms with Gasteiger partial charge in [-0.15, -0.1) is 0 Å². The Balaban J connectivity index is 2.58. The van der Waals surface area contributed by atoms with Gasteiger partial charge in [-0.2, -0.15) is 0 Å². The summed E-state index contributed by atoms with van der Waals surface area (Å²) >= 11 is 14.7. The van der Waals surface area contributed by atoms with Gasteiger partial charge in [-0.1, -0.05) is 33.6 Å². The Morgan fingerprint density at radius 1 is 1.20 bits per heavy atom. The summed E-state index contributed by atoms with van der Waals surface area (Å²) in [5.41, 5.74) is 3.93. The minimum atomic E-state index is -0.486. The summed E-state index contributed by atoms with van der Waals surface area (Å²) in [4.78, 5) is 0. The molecular weight excluding hydrogens is 525 g/mol. The van der Waals surface area contributed by atoms with Crippen LogP contribution < -0.4 is 11.3 Å². The monoisotopic (exact) mass is 532 g/mol. The number of benzene rings is 2. The van der Waals surface area contributed by atoms with Crippen molar-refractivity contribution >= 4 is 66.1 Å². The molecule has 20 heavy (non-hydrogen) atoms. The third-order valence-corrected chi connectivity index (χ3v) is 5.55. The van der Waals surface area contributed by atoms with Crippen LogP contribution in [-0.4, -0.2) is 0 Å². The third kappa shape index (κ3) is 3.36. The SMILES string of the molecule is NNC(c1cc(Br)ccc1I)c1ccc(Br)c(Cl)c1F. The molecule has 106 valence electrons. The highest BCUT2D eigenvalue weighted by Crippen LogP contribution is 2.34. The van der Waals surface area contributed by atoms with E-state index < -0.39 is 11.9 Å². The van der Waals surface area contributed by atoms with E-state index in [1.807, 2.05) is 18.2 Å². The van der Waals surface area contributed by atoms with E-state index in [2.05, 4.69) is 59.9 Å². The molecule has 2 aromatic rings. The van der Waals surface area contributed by atoms with E-state index in [1.165, 1.54) is 0 Å². The highest BCUT2D eigenvalue weighted by Gasteiger charge is 2.21. The van der Waals surface area contributed by atoms with Gasteiger partial charge >= 0.3 is 0 Å². The van der Waals surface area contributed by atoms with Crippen LogP contribution in [0, 0.1) is 9.39 Å². The Morgan fingerprint density at radius 3 is 2.55 bits per heavy atom. The molecule has 0 amide bonds. The first-order chi connectivity index (χ1) is 9.45. The topological polar surface area (TPSA) is 38.0 Å². The number of rotatable bonds is 3. The van der Waals surface area contributed by atoms with E-state index in [9.17, 15) is 4.39 Å². The van der Waals surface area contributed by atoms with E-state index in [-0.39, 0.29) is 5.02 Å². The molecule has 2 aromatic carbocycles. The van der Waals surface area contributed by atoms with Gasteiger partial charge in [0.25, 0.3) is 0 Å². The molecule has 0 aliphatic rings. The van der Waals surface area contributed by atoms with E-state index in [0.717, 1.165) is 13.6 Å². The number of halogens is 5. The van der Waals surface area contributed by atoms with E-state index >= 15 is 0 Å². The number of hydrazine groups is 1. The first kappa shape index (κ1) is 16.6. The Kier molecular flexibility index (Phi) is 5.84. The van der Waals surface area contributed by atoms with Gasteiger partial charge in [0.2, 0.25) is 0 Å². The lowest BCUT2D eigenvalue weighted by molar-refractivity contribution is 0.558. The number of nitrogens with one attached hydrogen (secondary N) is 1. The molecule has 7 heteroatoms. The number of hydrogen-bond acceptors (Lipinski definition) is 2. The maximum Gasteiger partial charge on any atom is 0.148 e. The fraction of sp³-hybridized carbons (Fsp3) is 0.0769. The second-order valence-corrected chi connectivity index (χ2v) is 7.34. The summed E-state index contributed by atoms with van der Waals surface area (Å²) in [5, 5.41) is 0.0488. The quantitative estimate of drug-likeness (QED) is 0.247. The third-order valence-electron chi connectivity index (χ3n) is 2.81. The van der Waals surface area contributed by atoms with Crippen molar-refractivity contribution in [1.29, 1.82) is 0 Å². The summed E-state index contributed by atoms with van der Waals surface area (Å²) in [7, 11) is 0. The minimum absolute atomic E-state index is 0.0488. The molecule has 2 rings (SSSR count). The first-order valence-electron chi connectivity index (χ1n) is 5.50. The number of nitrogens with two attached hydrogens (primary N) is 1. The zero-order valence-corrected chi connectivity index (χ0v) is 16.0. The van der Waals surface area contributed by atoms with Gasteiger partial charge in [0.1, 0.15) is 5.82 Å². The molecule has 0 aliphatic carbocycles. The lowest BCUT2D eigenvalue weighted by atomic mass is 9.99. The molecule has 2 nitrogen and oxygen atoms in total. The fourth-order valence-corrected chi connectivity index (χ4v) is 3.35. The van der Waals surface area contributed by atoms with Gasteiger partial charge in [0.05, 0.1) is 11.1 Å². The summed E-state index contributed by atoms with van der Waals surface area (Å²) in [5.74, 6) is 5.14. The fourth-order valence-electron chi connectivity index (χ4n) is 1.85. The number of hydrogen-bond donors (Lipinski definition) is 2. The van der Waals surface area contributed by atoms with Crippen LogP contribution in [0.1, 0.15) is 17.2 Å². The van der Waals surface area contributed by atoms with E-state index in [1.54, 1.807) is 12.1 Å². The van der Waals surface area contributed by atoms with Crippen molar-refractivity contribution in [3.63, 3.8) is 0 Å². The van der Waals surface area contributed by atoms with Crippen LogP contribution in [0.3, 0.4) is 0 Å². The summed E-state index contributed by atoms with van der Waals surface area (Å²) in [6.45, 7) is 0. The molecule has 0 fully saturated rings. The summed E-state index contributed by atoms with van der Waals surface area (Å²) < 4.78 is 16.7. The maximum absolute atomic E-state index is 14.3. The zero-order chi connectivity index (χ0) is 14.9. The molecule has 0 aromatic heterocycles. The Hall–Kier alpha value is 0.270. The van der Waals surface area contributed by atoms with Crippen molar-refractivity contribution in [2.75, 3.05) is 0 Å². The minimum Gasteiger partial charge on any atom is -0.271 e. The second kappa shape index (κ2) is 7.02. The highest BCUT2D eigenvalue weighted by atomic mass is 127. The standard InChI is InChI=1S/C13H9Br2ClFIN2/c14-6-1-4-10(18)8(5-6)13(20-19)7-2-3-9(15)11(16)12(7)17/h1-5,13,20H,19H2. The molecule has 3 N–H and O–H groups in total. The predicted molar refractivity (Wildman–Crippen MR) is 95.1 cm³/mol. The molecule has 0 spiro atoms. The largest absolute Gasteiger partial charge is 0.271 e. The van der Waals surface area contributed by atoms with Crippen LogP contribution in [0.5, 0.6) is 0 Å². The molecule has 0 bridgehead atoms. The average Bonchev–Trinajstić information content (AvgIpc) is 2.43. The molecular formula is C13H9Br2ClFIN2. The van der Waals surface area contributed by atoms with Crippen molar-refractivity contribution in [2.24, 2.45) is 5.84 Å². The molecule has 0 saturated heterocycles. The average molecular weight is 534 g/mol. The van der Waals surface area contributed by atoms with Crippen LogP contribution in [0.15, 0.2) is 39.3 Å². The van der Waals surface area contributed by atoms with Gasteiger partial charge in [0.15, 0.2) is 0 Å². The first-order valence-corrected chi connectivity index (χ1v) is 8.54. The molecule has 1 unspecified atom stereocenters. The molecule has 1 atom stereocenters. The normalized spacial score (nSPS) is 12.5. The Bertz CT molecular complexity index is 655. The van der Waals surface area contributed by atoms with Crippen molar-refractivity contribution in [3.8, 4) is 0 Å². The van der Waals surface area contributed by atoms with Crippen LogP contribution in [0.25, 0.3) is 0 Å². The lowest BCUT2D eigenvalue weighted by Crippen LogP contribution is -2.30. The Labute approximate surface area is 151 Å². The Morgan fingerprint density at radius 2 is 1.90 bits per heavy atom. The maximum atomic E-state index is 14.3. The molecule has 0 heterocycles. The summed E-state index contributed by atoms with van der Waals surface area (Å²) in [6.07, 6.45) is 0. The lowest BCUT2D eigenvalue weighted by Gasteiger charge is -2.20.